The number of nitrogens with one attached hydrogen (secondary N) is 1. The smallest absolute Gasteiger partial charge is 0.245 e. The van der Waals surface area contributed by atoms with Crippen LogP contribution in [0.1, 0.15) is 39.0 Å². The third-order valence-electron chi connectivity index (χ3n) is 4.44. The van der Waals surface area contributed by atoms with Gasteiger partial charge in [-0.15, -0.1) is 0 Å². The predicted octanol–water partition coefficient (Wildman–Crippen LogP) is 0.681. The fraction of sp³-hybridized carbons (Fsp3) is 0.857. The Hall–Kier alpha value is -1.10. The van der Waals surface area contributed by atoms with E-state index in [2.05, 4.69) is 12.2 Å². The highest BCUT2D eigenvalue weighted by Crippen LogP contribution is 2.35. The molecule has 5 nitrogen and oxygen atoms in total. The van der Waals surface area contributed by atoms with Crippen LogP contribution in [0.3, 0.4) is 0 Å². The van der Waals surface area contributed by atoms with Crippen LogP contribution >= 0.6 is 0 Å². The Balaban J connectivity index is 1.74. The van der Waals surface area contributed by atoms with Crippen LogP contribution in [0.2, 0.25) is 0 Å². The van der Waals surface area contributed by atoms with Gasteiger partial charge in [0.1, 0.15) is 6.04 Å². The molecule has 3 rings (SSSR count). The Morgan fingerprint density at radius 2 is 2.05 bits per heavy atom. The van der Waals surface area contributed by atoms with Crippen molar-refractivity contribution in [3.05, 3.63) is 0 Å². The van der Waals surface area contributed by atoms with Crippen molar-refractivity contribution in [1.29, 1.82) is 0 Å². The number of hydrogen-bond donors (Lipinski definition) is 1. The Labute approximate surface area is 113 Å². The van der Waals surface area contributed by atoms with Crippen molar-refractivity contribution in [2.24, 2.45) is 5.92 Å². The van der Waals surface area contributed by atoms with E-state index >= 15 is 0 Å². The van der Waals surface area contributed by atoms with Crippen LogP contribution in [-0.2, 0) is 14.3 Å². The molecule has 2 amide bonds. The molecule has 3 fully saturated rings. The SMILES string of the molecule is CC1CC(N2CCC(=O)NC(C3CC3)C2=O)CCO1. The Morgan fingerprint density at radius 3 is 2.74 bits per heavy atom. The van der Waals surface area contributed by atoms with Crippen LogP contribution in [-0.4, -0.2) is 48.1 Å². The van der Waals surface area contributed by atoms with E-state index < -0.39 is 0 Å². The predicted molar refractivity (Wildman–Crippen MR) is 69.4 cm³/mol. The zero-order valence-corrected chi connectivity index (χ0v) is 11.4. The molecule has 5 heteroatoms. The van der Waals surface area contributed by atoms with Gasteiger partial charge in [-0.05, 0) is 38.5 Å². The van der Waals surface area contributed by atoms with Gasteiger partial charge < -0.3 is 15.0 Å². The lowest BCUT2D eigenvalue weighted by molar-refractivity contribution is -0.138. The number of amides is 2. The fourth-order valence-corrected chi connectivity index (χ4v) is 3.19. The summed E-state index contributed by atoms with van der Waals surface area (Å²) < 4.78 is 5.55. The average molecular weight is 266 g/mol. The molecule has 1 aliphatic carbocycles. The molecule has 19 heavy (non-hydrogen) atoms. The van der Waals surface area contributed by atoms with Crippen molar-refractivity contribution in [2.75, 3.05) is 13.2 Å². The molecular weight excluding hydrogens is 244 g/mol. The van der Waals surface area contributed by atoms with Crippen molar-refractivity contribution in [1.82, 2.24) is 10.2 Å². The second kappa shape index (κ2) is 5.12. The summed E-state index contributed by atoms with van der Waals surface area (Å²) >= 11 is 0. The van der Waals surface area contributed by atoms with Crippen molar-refractivity contribution < 1.29 is 14.3 Å². The van der Waals surface area contributed by atoms with E-state index in [1.807, 2.05) is 4.90 Å². The third-order valence-corrected chi connectivity index (χ3v) is 4.44. The minimum Gasteiger partial charge on any atom is -0.378 e. The van der Waals surface area contributed by atoms with Crippen molar-refractivity contribution in [3.8, 4) is 0 Å². The van der Waals surface area contributed by atoms with Gasteiger partial charge in [0.05, 0.1) is 6.10 Å². The lowest BCUT2D eigenvalue weighted by Crippen LogP contribution is -2.51. The molecular formula is C14H22N2O3. The lowest BCUT2D eigenvalue weighted by atomic mass is 10.0. The van der Waals surface area contributed by atoms with E-state index in [0.29, 0.717) is 25.5 Å². The van der Waals surface area contributed by atoms with Crippen LogP contribution in [0.25, 0.3) is 0 Å². The quantitative estimate of drug-likeness (QED) is 0.799. The number of hydrogen-bond acceptors (Lipinski definition) is 3. The minimum atomic E-state index is -0.270. The topological polar surface area (TPSA) is 58.6 Å². The molecule has 0 aromatic rings. The van der Waals surface area contributed by atoms with Gasteiger partial charge in [-0.1, -0.05) is 0 Å². The molecule has 0 aromatic carbocycles. The highest BCUT2D eigenvalue weighted by molar-refractivity contribution is 5.90. The molecule has 2 saturated heterocycles. The second-order valence-electron chi connectivity index (χ2n) is 6.02. The largest absolute Gasteiger partial charge is 0.378 e. The number of nitrogens with zero attached hydrogens (tertiary/aromatic N) is 1. The van der Waals surface area contributed by atoms with E-state index in [4.69, 9.17) is 4.74 Å². The van der Waals surface area contributed by atoms with Gasteiger partial charge >= 0.3 is 0 Å². The molecule has 106 valence electrons. The summed E-state index contributed by atoms with van der Waals surface area (Å²) in [7, 11) is 0. The molecule has 3 unspecified atom stereocenters. The first-order chi connectivity index (χ1) is 9.15. The first-order valence-corrected chi connectivity index (χ1v) is 7.36. The van der Waals surface area contributed by atoms with Gasteiger partial charge in [0.25, 0.3) is 0 Å². The number of rotatable bonds is 2. The van der Waals surface area contributed by atoms with Crippen LogP contribution in [0.5, 0.6) is 0 Å². The third kappa shape index (κ3) is 2.76. The van der Waals surface area contributed by atoms with Gasteiger partial charge in [0, 0.05) is 25.6 Å². The average Bonchev–Trinajstić information content (AvgIpc) is 3.19. The van der Waals surface area contributed by atoms with Crippen LogP contribution in [0.15, 0.2) is 0 Å². The first-order valence-electron chi connectivity index (χ1n) is 7.36. The maximum Gasteiger partial charge on any atom is 0.245 e. The molecule has 0 radical (unpaired) electrons. The summed E-state index contributed by atoms with van der Waals surface area (Å²) in [5, 5.41) is 2.91. The normalized spacial score (nSPS) is 36.9. The van der Waals surface area contributed by atoms with E-state index in [9.17, 15) is 9.59 Å². The van der Waals surface area contributed by atoms with Gasteiger partial charge in [-0.3, -0.25) is 9.59 Å². The molecule has 3 aliphatic rings. The summed E-state index contributed by atoms with van der Waals surface area (Å²) in [5.74, 6) is 0.523. The summed E-state index contributed by atoms with van der Waals surface area (Å²) in [5.41, 5.74) is 0. The standard InChI is InChI=1S/C14H22N2O3/c1-9-8-11(5-7-19-9)16-6-4-12(17)15-13(14(16)18)10-2-3-10/h9-11,13H,2-8H2,1H3,(H,15,17). The van der Waals surface area contributed by atoms with Crippen LogP contribution in [0.4, 0.5) is 0 Å². The molecule has 1 saturated carbocycles. The van der Waals surface area contributed by atoms with E-state index in [1.165, 1.54) is 0 Å². The van der Waals surface area contributed by atoms with Gasteiger partial charge in [0.15, 0.2) is 0 Å². The zero-order valence-electron chi connectivity index (χ0n) is 11.4. The molecule has 0 aromatic heterocycles. The first kappa shape index (κ1) is 12.9. The van der Waals surface area contributed by atoms with Crippen LogP contribution in [0, 0.1) is 5.92 Å². The summed E-state index contributed by atoms with van der Waals surface area (Å²) in [6, 6.07) is -0.0293. The van der Waals surface area contributed by atoms with Crippen LogP contribution < -0.4 is 5.32 Å². The number of carbonyl (C=O) groups is 2. The highest BCUT2D eigenvalue weighted by atomic mass is 16.5. The van der Waals surface area contributed by atoms with Gasteiger partial charge in [-0.25, -0.2) is 0 Å². The lowest BCUT2D eigenvalue weighted by Gasteiger charge is -2.37. The maximum atomic E-state index is 12.6. The maximum absolute atomic E-state index is 12.6. The molecule has 2 heterocycles. The Morgan fingerprint density at radius 1 is 1.26 bits per heavy atom. The monoisotopic (exact) mass is 266 g/mol. The molecule has 0 spiro atoms. The summed E-state index contributed by atoms with van der Waals surface area (Å²) in [4.78, 5) is 26.3. The molecule has 0 bridgehead atoms. The zero-order chi connectivity index (χ0) is 13.4. The van der Waals surface area contributed by atoms with E-state index in [-0.39, 0.29) is 30.0 Å². The number of carbonyl (C=O) groups excluding carboxylic acids is 2. The molecule has 1 N–H and O–H groups in total. The van der Waals surface area contributed by atoms with Crippen molar-refractivity contribution in [2.45, 2.75) is 57.2 Å². The van der Waals surface area contributed by atoms with Gasteiger partial charge in [-0.2, -0.15) is 0 Å². The van der Waals surface area contributed by atoms with Gasteiger partial charge in [0.2, 0.25) is 11.8 Å². The van der Waals surface area contributed by atoms with Crippen molar-refractivity contribution in [3.63, 3.8) is 0 Å². The summed E-state index contributed by atoms with van der Waals surface area (Å²) in [6.45, 7) is 3.33. The summed E-state index contributed by atoms with van der Waals surface area (Å²) in [6.07, 6.45) is 4.54. The Bertz CT molecular complexity index is 381. The second-order valence-corrected chi connectivity index (χ2v) is 6.02. The van der Waals surface area contributed by atoms with Crippen molar-refractivity contribution >= 4 is 11.8 Å². The van der Waals surface area contributed by atoms with E-state index in [0.717, 1.165) is 25.7 Å². The molecule has 3 atom stereocenters. The van der Waals surface area contributed by atoms with E-state index in [1.54, 1.807) is 0 Å². The fourth-order valence-electron chi connectivity index (χ4n) is 3.19. The molecule has 2 aliphatic heterocycles. The highest BCUT2D eigenvalue weighted by Gasteiger charge is 2.43. The minimum absolute atomic E-state index is 0.0212. The number of ether oxygens (including phenoxy) is 1. The Kier molecular flexibility index (Phi) is 3.48.